The zero-order valence-electron chi connectivity index (χ0n) is 15.7. The van der Waals surface area contributed by atoms with Gasteiger partial charge in [0, 0.05) is 10.9 Å². The van der Waals surface area contributed by atoms with Gasteiger partial charge in [0.15, 0.2) is 0 Å². The van der Waals surface area contributed by atoms with Crippen LogP contribution in [0.3, 0.4) is 0 Å². The molecular weight excluding hydrogens is 389 g/mol. The van der Waals surface area contributed by atoms with Crippen LogP contribution >= 0.6 is 11.3 Å². The third kappa shape index (κ3) is 5.53. The Morgan fingerprint density at radius 3 is 2.38 bits per heavy atom. The minimum atomic E-state index is -0.653. The molecule has 1 aliphatic heterocycles. The van der Waals surface area contributed by atoms with Gasteiger partial charge in [-0.05, 0) is 12.1 Å². The molecule has 0 saturated carbocycles. The van der Waals surface area contributed by atoms with Crippen LogP contribution < -0.4 is 5.32 Å². The quantitative estimate of drug-likeness (QED) is 0.409. The molecule has 0 bridgehead atoms. The van der Waals surface area contributed by atoms with Crippen molar-refractivity contribution < 1.29 is 19.2 Å². The number of Topliss-reactive ketones (excluding diaryl/α,β-unsaturated/α-hetero) is 1. The van der Waals surface area contributed by atoms with Crippen LogP contribution in [0.25, 0.3) is 22.2 Å². The van der Waals surface area contributed by atoms with E-state index in [0.29, 0.717) is 10.7 Å². The predicted octanol–water partition coefficient (Wildman–Crippen LogP) is 3.03. The van der Waals surface area contributed by atoms with Crippen molar-refractivity contribution in [1.29, 1.82) is 0 Å². The van der Waals surface area contributed by atoms with E-state index in [1.807, 2.05) is 36.2 Å². The van der Waals surface area contributed by atoms with Crippen molar-refractivity contribution >= 4 is 28.6 Å². The Bertz CT molecular complexity index is 998. The van der Waals surface area contributed by atoms with Gasteiger partial charge in [0.05, 0.1) is 43.1 Å². The van der Waals surface area contributed by atoms with E-state index in [9.17, 15) is 14.6 Å². The van der Waals surface area contributed by atoms with Gasteiger partial charge in [0.25, 0.3) is 0 Å². The van der Waals surface area contributed by atoms with Crippen LogP contribution in [-0.2, 0) is 4.74 Å². The lowest BCUT2D eigenvalue weighted by molar-refractivity contribution is -0.670. The molecular formula is C22H20FN3O2S. The third-order valence-corrected chi connectivity index (χ3v) is 5.04. The van der Waals surface area contributed by atoms with Crippen molar-refractivity contribution in [1.82, 2.24) is 4.98 Å². The molecule has 1 aliphatic rings. The summed E-state index contributed by atoms with van der Waals surface area (Å²) in [6.07, 6.45) is 0. The topological polar surface area (TPSA) is 78.1 Å². The summed E-state index contributed by atoms with van der Waals surface area (Å²) in [6, 6.07) is 15.1. The fraction of sp³-hybridized carbons (Fsp3) is 0.182. The number of aromatic nitrogens is 1. The maximum Gasteiger partial charge on any atom is 0.204 e. The van der Waals surface area contributed by atoms with Gasteiger partial charge in [-0.15, -0.1) is 11.3 Å². The standard InChI is InChI=1S/C18H10FN2OS.C4H9NO/c19-15-9-5-4-8-13(15)17(22)14(10-20)18-21-16(11-23-18)12-6-2-1-3-7-12;1-3-6-4-2-5-1/h1-9,11H;5H,1-4H2/q-1;/p+1. The Morgan fingerprint density at radius 1 is 1.10 bits per heavy atom. The van der Waals surface area contributed by atoms with Crippen LogP contribution in [0.2, 0.25) is 0 Å². The van der Waals surface area contributed by atoms with E-state index < -0.39 is 11.6 Å². The highest BCUT2D eigenvalue weighted by Gasteiger charge is 2.19. The minimum absolute atomic E-state index is 0.125. The van der Waals surface area contributed by atoms with E-state index in [2.05, 4.69) is 10.3 Å². The van der Waals surface area contributed by atoms with Crippen LogP contribution in [0, 0.1) is 5.82 Å². The lowest BCUT2D eigenvalue weighted by Gasteiger charge is -2.07. The molecule has 1 saturated heterocycles. The van der Waals surface area contributed by atoms with E-state index in [1.165, 1.54) is 29.5 Å². The Hall–Kier alpha value is -2.96. The van der Waals surface area contributed by atoms with Crippen molar-refractivity contribution in [3.63, 3.8) is 0 Å². The van der Waals surface area contributed by atoms with Crippen LogP contribution in [0.5, 0.6) is 0 Å². The smallest absolute Gasteiger partial charge is 0.204 e. The molecule has 2 N–H and O–H groups in total. The molecule has 148 valence electrons. The number of morpholine rings is 1. The average molecular weight is 409 g/mol. The maximum atomic E-state index is 13.8. The number of quaternary nitrogens is 1. The van der Waals surface area contributed by atoms with Crippen LogP contribution in [0.4, 0.5) is 4.39 Å². The minimum Gasteiger partial charge on any atom is -0.763 e. The second kappa shape index (κ2) is 10.5. The monoisotopic (exact) mass is 409 g/mol. The largest absolute Gasteiger partial charge is 0.763 e. The Morgan fingerprint density at radius 2 is 1.79 bits per heavy atom. The van der Waals surface area contributed by atoms with E-state index >= 15 is 0 Å². The summed E-state index contributed by atoms with van der Waals surface area (Å²) >= 11 is 1.19. The number of nitrogens with zero attached hydrogens (tertiary/aromatic N) is 2. The highest BCUT2D eigenvalue weighted by molar-refractivity contribution is 7.11. The van der Waals surface area contributed by atoms with Gasteiger partial charge >= 0.3 is 0 Å². The summed E-state index contributed by atoms with van der Waals surface area (Å²) in [5, 5.41) is 13.7. The second-order valence-electron chi connectivity index (χ2n) is 6.18. The van der Waals surface area contributed by atoms with Gasteiger partial charge in [0.2, 0.25) is 5.78 Å². The molecule has 0 spiro atoms. The normalized spacial score (nSPS) is 13.0. The Labute approximate surface area is 172 Å². The zero-order valence-corrected chi connectivity index (χ0v) is 16.5. The molecule has 2 aromatic carbocycles. The molecule has 1 aromatic heterocycles. The van der Waals surface area contributed by atoms with Crippen LogP contribution in [0.15, 0.2) is 60.0 Å². The van der Waals surface area contributed by atoms with E-state index in [1.54, 1.807) is 11.4 Å². The van der Waals surface area contributed by atoms with Gasteiger partial charge in [-0.1, -0.05) is 42.5 Å². The van der Waals surface area contributed by atoms with Crippen molar-refractivity contribution in [2.75, 3.05) is 26.3 Å². The molecule has 3 aromatic rings. The first-order chi connectivity index (χ1) is 14.2. The summed E-state index contributed by atoms with van der Waals surface area (Å²) in [4.78, 5) is 16.8. The van der Waals surface area contributed by atoms with Gasteiger partial charge < -0.3 is 15.5 Å². The summed E-state index contributed by atoms with van der Waals surface area (Å²) in [5.41, 5.74) is 1.30. The first-order valence-electron chi connectivity index (χ1n) is 9.17. The van der Waals surface area contributed by atoms with Gasteiger partial charge in [-0.3, -0.25) is 10.7 Å². The number of hydrogen-bond acceptors (Lipinski definition) is 4. The molecule has 29 heavy (non-hydrogen) atoms. The number of halogens is 1. The molecule has 1 fully saturated rings. The Kier molecular flexibility index (Phi) is 7.55. The van der Waals surface area contributed by atoms with Crippen LogP contribution in [-0.4, -0.2) is 42.9 Å². The summed E-state index contributed by atoms with van der Waals surface area (Å²) in [5.74, 6) is 0.556. The summed E-state index contributed by atoms with van der Waals surface area (Å²) in [6.45, 7) is 4.19. The van der Waals surface area contributed by atoms with E-state index in [-0.39, 0.29) is 11.1 Å². The molecule has 0 radical (unpaired) electrons. The number of carbonyl (C=O) groups is 1. The number of carbonyl (C=O) groups excluding carboxylic acids is 1. The number of hydrogen-bond donors (Lipinski definition) is 1. The van der Waals surface area contributed by atoms with Crippen molar-refractivity contribution in [2.24, 2.45) is 0 Å². The predicted molar refractivity (Wildman–Crippen MR) is 113 cm³/mol. The molecule has 2 heterocycles. The maximum absolute atomic E-state index is 13.8. The lowest BCUT2D eigenvalue weighted by atomic mass is 10.0. The molecule has 7 heteroatoms. The van der Waals surface area contributed by atoms with Gasteiger partial charge in [-0.25, -0.2) is 9.37 Å². The third-order valence-electron chi connectivity index (χ3n) is 4.18. The highest BCUT2D eigenvalue weighted by atomic mass is 32.1. The second-order valence-corrected chi connectivity index (χ2v) is 7.04. The first-order valence-corrected chi connectivity index (χ1v) is 10.1. The fourth-order valence-electron chi connectivity index (χ4n) is 2.69. The average Bonchev–Trinajstić information content (AvgIpc) is 3.27. The number of ether oxygens (including phenoxy) is 1. The number of thiazole rings is 1. The molecule has 4 rings (SSSR count). The van der Waals surface area contributed by atoms with Crippen molar-refractivity contribution in [2.45, 2.75) is 0 Å². The molecule has 0 aliphatic carbocycles. The summed E-state index contributed by atoms with van der Waals surface area (Å²) in [7, 11) is 0. The number of nitrogens with two attached hydrogens (primary N) is 1. The van der Waals surface area contributed by atoms with Gasteiger partial charge in [0.1, 0.15) is 10.8 Å². The highest BCUT2D eigenvalue weighted by Crippen LogP contribution is 2.27. The molecule has 0 atom stereocenters. The fourth-order valence-corrected chi connectivity index (χ4v) is 3.50. The molecule has 0 amide bonds. The number of benzene rings is 2. The van der Waals surface area contributed by atoms with Gasteiger partial charge in [-0.2, -0.15) is 0 Å². The molecule has 5 nitrogen and oxygen atoms in total. The summed E-state index contributed by atoms with van der Waals surface area (Å²) < 4.78 is 18.8. The van der Waals surface area contributed by atoms with Crippen LogP contribution in [0.1, 0.15) is 15.4 Å². The SMILES string of the molecule is C1COCC[NH2+]1.[N-]=C=C(C(=O)c1ccccc1F)c1nc(-c2ccccc2)cs1. The first kappa shape index (κ1) is 20.8. The molecule has 0 unspecified atom stereocenters. The zero-order chi connectivity index (χ0) is 20.5. The Balaban J connectivity index is 0.000000343. The lowest BCUT2D eigenvalue weighted by Crippen LogP contribution is -2.87. The van der Waals surface area contributed by atoms with Crippen molar-refractivity contribution in [3.8, 4) is 11.3 Å². The van der Waals surface area contributed by atoms with Crippen molar-refractivity contribution in [3.05, 3.63) is 81.8 Å². The van der Waals surface area contributed by atoms with E-state index in [0.717, 1.165) is 31.9 Å². The van der Waals surface area contributed by atoms with E-state index in [4.69, 9.17) is 4.74 Å². The number of rotatable bonds is 4. The number of allylic oxidation sites excluding steroid dienone is 1. The number of ketones is 1.